The maximum Gasteiger partial charge on any atom is 0.330 e. The molecule has 2 rings (SSSR count). The van der Waals surface area contributed by atoms with Gasteiger partial charge in [-0.2, -0.15) is 4.39 Å². The van der Waals surface area contributed by atoms with E-state index < -0.39 is 28.3 Å². The zero-order valence-corrected chi connectivity index (χ0v) is 11.4. The van der Waals surface area contributed by atoms with Gasteiger partial charge in [-0.25, -0.2) is 9.36 Å². The molecule has 0 amide bonds. The van der Waals surface area contributed by atoms with Crippen molar-refractivity contribution < 1.29 is 4.39 Å². The fourth-order valence-corrected chi connectivity index (χ4v) is 2.80. The molecule has 0 radical (unpaired) electrons. The Balaban J connectivity index is 2.62. The lowest BCUT2D eigenvalue weighted by molar-refractivity contribution is 0.519. The van der Waals surface area contributed by atoms with Crippen molar-refractivity contribution in [2.24, 2.45) is 0 Å². The fourth-order valence-electron chi connectivity index (χ4n) is 1.53. The first-order valence-electron chi connectivity index (χ1n) is 4.87. The number of thiophene rings is 1. The van der Waals surface area contributed by atoms with Crippen LogP contribution in [0.3, 0.4) is 0 Å². The van der Waals surface area contributed by atoms with Gasteiger partial charge in [0, 0.05) is 4.88 Å². The van der Waals surface area contributed by atoms with Gasteiger partial charge in [-0.05, 0) is 19.1 Å². The number of hydrogen-bond donors (Lipinski definition) is 1. The van der Waals surface area contributed by atoms with Crippen molar-refractivity contribution in [3.8, 4) is 0 Å². The molecule has 0 aliphatic rings. The van der Waals surface area contributed by atoms with Crippen LogP contribution in [0.15, 0.2) is 21.7 Å². The van der Waals surface area contributed by atoms with Gasteiger partial charge in [0.25, 0.3) is 5.56 Å². The topological polar surface area (TPSA) is 54.9 Å². The molecular weight excluding hydrogens is 302 g/mol. The van der Waals surface area contributed by atoms with Gasteiger partial charge in [0.05, 0.1) is 10.4 Å². The van der Waals surface area contributed by atoms with Crippen molar-refractivity contribution in [1.82, 2.24) is 9.55 Å². The van der Waals surface area contributed by atoms with E-state index in [0.717, 1.165) is 4.57 Å². The maximum absolute atomic E-state index is 13.4. The van der Waals surface area contributed by atoms with E-state index in [1.165, 1.54) is 11.3 Å². The molecule has 0 aliphatic heterocycles. The molecular formula is C10H7Cl2FN2O2S. The molecule has 0 saturated heterocycles. The first kappa shape index (κ1) is 13.3. The Morgan fingerprint density at radius 2 is 2.06 bits per heavy atom. The first-order chi connectivity index (χ1) is 8.41. The normalized spacial score (nSPS) is 12.7. The van der Waals surface area contributed by atoms with Gasteiger partial charge >= 0.3 is 5.69 Å². The molecule has 1 atom stereocenters. The zero-order chi connectivity index (χ0) is 13.4. The van der Waals surface area contributed by atoms with Crippen molar-refractivity contribution >= 4 is 34.5 Å². The summed E-state index contributed by atoms with van der Waals surface area (Å²) >= 11 is 12.4. The van der Waals surface area contributed by atoms with Crippen LogP contribution in [0.1, 0.15) is 17.8 Å². The van der Waals surface area contributed by atoms with Gasteiger partial charge in [0.2, 0.25) is 5.82 Å². The SMILES string of the molecule is CC(c1ccc(Cl)s1)n1c(=O)[nH]c(Cl)c(F)c1=O. The molecule has 0 saturated carbocycles. The maximum atomic E-state index is 13.4. The summed E-state index contributed by atoms with van der Waals surface area (Å²) in [4.78, 5) is 26.1. The highest BCUT2D eigenvalue weighted by molar-refractivity contribution is 7.16. The number of aromatic nitrogens is 2. The molecule has 0 aromatic carbocycles. The minimum atomic E-state index is -1.18. The Morgan fingerprint density at radius 1 is 1.39 bits per heavy atom. The minimum absolute atomic E-state index is 0.524. The van der Waals surface area contributed by atoms with E-state index in [4.69, 9.17) is 23.2 Å². The monoisotopic (exact) mass is 308 g/mol. The van der Waals surface area contributed by atoms with Crippen LogP contribution in [-0.2, 0) is 0 Å². The summed E-state index contributed by atoms with van der Waals surface area (Å²) in [6, 6.07) is 2.70. The Morgan fingerprint density at radius 3 is 2.61 bits per heavy atom. The van der Waals surface area contributed by atoms with Crippen LogP contribution in [0.2, 0.25) is 9.49 Å². The third-order valence-corrected chi connectivity index (χ3v) is 4.09. The second kappa shape index (κ2) is 4.87. The first-order valence-corrected chi connectivity index (χ1v) is 6.44. The van der Waals surface area contributed by atoms with E-state index in [0.29, 0.717) is 9.21 Å². The number of nitrogens with zero attached hydrogens (tertiary/aromatic N) is 1. The smallest absolute Gasteiger partial charge is 0.295 e. The van der Waals surface area contributed by atoms with Gasteiger partial charge in [-0.1, -0.05) is 23.2 Å². The lowest BCUT2D eigenvalue weighted by Gasteiger charge is -2.12. The van der Waals surface area contributed by atoms with Crippen molar-refractivity contribution in [3.05, 3.63) is 53.2 Å². The molecule has 0 bridgehead atoms. The van der Waals surface area contributed by atoms with E-state index in [1.807, 2.05) is 0 Å². The summed E-state index contributed by atoms with van der Waals surface area (Å²) in [5.41, 5.74) is -1.82. The summed E-state index contributed by atoms with van der Waals surface area (Å²) in [7, 11) is 0. The molecule has 2 aromatic heterocycles. The number of nitrogens with one attached hydrogen (secondary N) is 1. The highest BCUT2D eigenvalue weighted by Gasteiger charge is 2.19. The van der Waals surface area contributed by atoms with Crippen molar-refractivity contribution in [1.29, 1.82) is 0 Å². The lowest BCUT2D eigenvalue weighted by atomic mass is 10.2. The zero-order valence-electron chi connectivity index (χ0n) is 9.04. The second-order valence-electron chi connectivity index (χ2n) is 3.55. The average molecular weight is 309 g/mol. The van der Waals surface area contributed by atoms with E-state index in [2.05, 4.69) is 4.98 Å². The molecule has 8 heteroatoms. The number of rotatable bonds is 2. The van der Waals surface area contributed by atoms with Crippen LogP contribution in [0.25, 0.3) is 0 Å². The highest BCUT2D eigenvalue weighted by atomic mass is 35.5. The second-order valence-corrected chi connectivity index (χ2v) is 5.68. The van der Waals surface area contributed by atoms with Crippen molar-refractivity contribution in [2.75, 3.05) is 0 Å². The summed E-state index contributed by atoms with van der Waals surface area (Å²) in [5, 5.41) is -0.585. The van der Waals surface area contributed by atoms with Crippen LogP contribution in [0.4, 0.5) is 4.39 Å². The molecule has 0 spiro atoms. The number of hydrogen-bond acceptors (Lipinski definition) is 3. The van der Waals surface area contributed by atoms with Crippen LogP contribution in [0.5, 0.6) is 0 Å². The molecule has 96 valence electrons. The summed E-state index contributed by atoms with van der Waals surface area (Å²) in [6.07, 6.45) is 0. The van der Waals surface area contributed by atoms with Crippen LogP contribution < -0.4 is 11.2 Å². The number of halogens is 3. The molecule has 0 fully saturated rings. The highest BCUT2D eigenvalue weighted by Crippen LogP contribution is 2.27. The third kappa shape index (κ3) is 2.23. The summed E-state index contributed by atoms with van der Waals surface area (Å²) in [5.74, 6) is -1.18. The van der Waals surface area contributed by atoms with E-state index in [-0.39, 0.29) is 0 Å². The molecule has 2 aromatic rings. The molecule has 2 heterocycles. The third-order valence-electron chi connectivity index (χ3n) is 2.43. The van der Waals surface area contributed by atoms with Crippen molar-refractivity contribution in [3.63, 3.8) is 0 Å². The predicted octanol–water partition coefficient (Wildman–Crippen LogP) is 2.65. The van der Waals surface area contributed by atoms with Crippen LogP contribution >= 0.6 is 34.5 Å². The quantitative estimate of drug-likeness (QED) is 0.867. The van der Waals surface area contributed by atoms with Gasteiger partial charge in [-0.15, -0.1) is 11.3 Å². The van der Waals surface area contributed by atoms with E-state index in [1.54, 1.807) is 19.1 Å². The Labute approximate surface area is 115 Å². The Kier molecular flexibility index (Phi) is 3.61. The number of H-pyrrole nitrogens is 1. The predicted molar refractivity (Wildman–Crippen MR) is 69.4 cm³/mol. The fraction of sp³-hybridized carbons (Fsp3) is 0.200. The average Bonchev–Trinajstić information content (AvgIpc) is 2.73. The van der Waals surface area contributed by atoms with E-state index >= 15 is 0 Å². The standard InChI is InChI=1S/C10H7Cl2FN2O2S/c1-4(5-2-3-6(11)18-5)15-9(16)7(13)8(12)14-10(15)17/h2-4H,1H3,(H,14,17). The van der Waals surface area contributed by atoms with E-state index in [9.17, 15) is 14.0 Å². The minimum Gasteiger partial charge on any atom is -0.295 e. The molecule has 4 nitrogen and oxygen atoms in total. The molecule has 1 unspecified atom stereocenters. The molecule has 1 N–H and O–H groups in total. The summed E-state index contributed by atoms with van der Waals surface area (Å²) < 4.78 is 14.7. The van der Waals surface area contributed by atoms with Gasteiger partial charge < -0.3 is 0 Å². The molecule has 0 aliphatic carbocycles. The lowest BCUT2D eigenvalue weighted by Crippen LogP contribution is -2.39. The Bertz CT molecular complexity index is 707. The van der Waals surface area contributed by atoms with Crippen LogP contribution in [0, 0.1) is 5.82 Å². The van der Waals surface area contributed by atoms with Gasteiger partial charge in [0.15, 0.2) is 5.15 Å². The van der Waals surface area contributed by atoms with Gasteiger partial charge in [-0.3, -0.25) is 9.78 Å². The largest absolute Gasteiger partial charge is 0.330 e. The van der Waals surface area contributed by atoms with Gasteiger partial charge in [0.1, 0.15) is 0 Å². The summed E-state index contributed by atoms with van der Waals surface area (Å²) in [6.45, 7) is 1.60. The van der Waals surface area contributed by atoms with Crippen LogP contribution in [-0.4, -0.2) is 9.55 Å². The Hall–Kier alpha value is -1.11. The number of aromatic amines is 1. The van der Waals surface area contributed by atoms with Crippen molar-refractivity contribution in [2.45, 2.75) is 13.0 Å². The molecule has 18 heavy (non-hydrogen) atoms.